The van der Waals surface area contributed by atoms with Crippen LogP contribution in [0, 0.1) is 6.92 Å². The summed E-state index contributed by atoms with van der Waals surface area (Å²) in [6, 6.07) is 9.93. The van der Waals surface area contributed by atoms with E-state index >= 15 is 0 Å². The highest BCUT2D eigenvalue weighted by Crippen LogP contribution is 2.17. The summed E-state index contributed by atoms with van der Waals surface area (Å²) >= 11 is 0. The van der Waals surface area contributed by atoms with Crippen molar-refractivity contribution in [2.24, 2.45) is 0 Å². The molecule has 0 fully saturated rings. The van der Waals surface area contributed by atoms with Crippen LogP contribution in [0.1, 0.15) is 33.0 Å². The van der Waals surface area contributed by atoms with Gasteiger partial charge in [-0.3, -0.25) is 4.79 Å². The molecule has 0 bridgehead atoms. The summed E-state index contributed by atoms with van der Waals surface area (Å²) in [5.41, 5.74) is 3.40. The van der Waals surface area contributed by atoms with Gasteiger partial charge in [-0.15, -0.1) is 0 Å². The number of aryl methyl sites for hydroxylation is 1. The number of fused-ring (bicyclic) bond motifs is 1. The molecule has 1 aromatic carbocycles. The summed E-state index contributed by atoms with van der Waals surface area (Å²) in [6.45, 7) is 4.39. The standard InChI is InChI=1S/C18H22N2O2/c1-13-3-6-17(22-13)12-20(2)18(21)16-5-4-14-7-9-19-10-8-15(14)11-16/h3-6,11,19H,7-10,12H2,1-2H3. The largest absolute Gasteiger partial charge is 0.464 e. The molecule has 0 saturated carbocycles. The molecule has 0 spiro atoms. The average molecular weight is 298 g/mol. The minimum atomic E-state index is 0.0362. The molecule has 2 aromatic rings. The summed E-state index contributed by atoms with van der Waals surface area (Å²) in [7, 11) is 1.81. The van der Waals surface area contributed by atoms with Crippen LogP contribution in [0.2, 0.25) is 0 Å². The van der Waals surface area contributed by atoms with Crippen molar-refractivity contribution in [1.29, 1.82) is 0 Å². The van der Waals surface area contributed by atoms with Crippen LogP contribution in [0.5, 0.6) is 0 Å². The normalized spacial score (nSPS) is 14.3. The monoisotopic (exact) mass is 298 g/mol. The number of carbonyl (C=O) groups is 1. The van der Waals surface area contributed by atoms with E-state index in [9.17, 15) is 4.79 Å². The van der Waals surface area contributed by atoms with Crippen molar-refractivity contribution in [2.75, 3.05) is 20.1 Å². The molecule has 1 N–H and O–H groups in total. The lowest BCUT2D eigenvalue weighted by atomic mass is 9.99. The zero-order valence-corrected chi connectivity index (χ0v) is 13.2. The lowest BCUT2D eigenvalue weighted by Gasteiger charge is -2.17. The molecule has 0 unspecified atom stereocenters. The first-order valence-corrected chi connectivity index (χ1v) is 7.77. The van der Waals surface area contributed by atoms with E-state index in [1.54, 1.807) is 4.90 Å². The maximum atomic E-state index is 12.6. The first-order valence-electron chi connectivity index (χ1n) is 7.77. The molecular formula is C18H22N2O2. The fourth-order valence-electron chi connectivity index (χ4n) is 2.90. The van der Waals surface area contributed by atoms with Crippen molar-refractivity contribution in [3.05, 3.63) is 58.5 Å². The number of hydrogen-bond acceptors (Lipinski definition) is 3. The number of carbonyl (C=O) groups excluding carboxylic acids is 1. The molecule has 1 aliphatic heterocycles. The van der Waals surface area contributed by atoms with Gasteiger partial charge in [-0.05, 0) is 68.2 Å². The van der Waals surface area contributed by atoms with E-state index < -0.39 is 0 Å². The second kappa shape index (κ2) is 6.36. The maximum Gasteiger partial charge on any atom is 0.254 e. The van der Waals surface area contributed by atoms with Gasteiger partial charge in [0.05, 0.1) is 6.54 Å². The second-order valence-corrected chi connectivity index (χ2v) is 5.91. The Morgan fingerprint density at radius 3 is 2.68 bits per heavy atom. The fraction of sp³-hybridized carbons (Fsp3) is 0.389. The molecule has 0 aliphatic carbocycles. The molecule has 116 valence electrons. The number of furan rings is 1. The molecule has 22 heavy (non-hydrogen) atoms. The average Bonchev–Trinajstić information content (AvgIpc) is 2.78. The van der Waals surface area contributed by atoms with Gasteiger partial charge in [-0.1, -0.05) is 6.07 Å². The van der Waals surface area contributed by atoms with Crippen LogP contribution >= 0.6 is 0 Å². The van der Waals surface area contributed by atoms with E-state index in [0.717, 1.165) is 43.0 Å². The molecule has 3 rings (SSSR count). The number of amides is 1. The summed E-state index contributed by atoms with van der Waals surface area (Å²) < 4.78 is 5.55. The van der Waals surface area contributed by atoms with Gasteiger partial charge in [-0.2, -0.15) is 0 Å². The predicted molar refractivity (Wildman–Crippen MR) is 86.0 cm³/mol. The third kappa shape index (κ3) is 3.22. The number of benzene rings is 1. The van der Waals surface area contributed by atoms with E-state index in [1.807, 2.05) is 32.2 Å². The van der Waals surface area contributed by atoms with Crippen LogP contribution in [0.25, 0.3) is 0 Å². The van der Waals surface area contributed by atoms with Gasteiger partial charge in [0, 0.05) is 12.6 Å². The predicted octanol–water partition coefficient (Wildman–Crippen LogP) is 2.55. The second-order valence-electron chi connectivity index (χ2n) is 5.91. The zero-order chi connectivity index (χ0) is 15.5. The molecule has 1 aliphatic rings. The summed E-state index contributed by atoms with van der Waals surface area (Å²) in [5, 5.41) is 3.39. The lowest BCUT2D eigenvalue weighted by molar-refractivity contribution is 0.0775. The Morgan fingerprint density at radius 2 is 1.95 bits per heavy atom. The highest BCUT2D eigenvalue weighted by atomic mass is 16.3. The highest BCUT2D eigenvalue weighted by Gasteiger charge is 2.16. The Morgan fingerprint density at radius 1 is 1.18 bits per heavy atom. The summed E-state index contributed by atoms with van der Waals surface area (Å²) in [4.78, 5) is 14.3. The van der Waals surface area contributed by atoms with Gasteiger partial charge in [0.2, 0.25) is 0 Å². The molecule has 4 heteroatoms. The Bertz CT molecular complexity index is 675. The molecule has 0 radical (unpaired) electrons. The van der Waals surface area contributed by atoms with Gasteiger partial charge in [0.1, 0.15) is 11.5 Å². The SMILES string of the molecule is Cc1ccc(CN(C)C(=O)c2ccc3c(c2)CCNCC3)o1. The molecule has 0 saturated heterocycles. The number of nitrogens with one attached hydrogen (secondary N) is 1. The van der Waals surface area contributed by atoms with E-state index in [1.165, 1.54) is 11.1 Å². The van der Waals surface area contributed by atoms with Crippen molar-refractivity contribution in [2.45, 2.75) is 26.3 Å². The Kier molecular flexibility index (Phi) is 4.29. The smallest absolute Gasteiger partial charge is 0.254 e. The van der Waals surface area contributed by atoms with E-state index in [4.69, 9.17) is 4.42 Å². The van der Waals surface area contributed by atoms with Gasteiger partial charge < -0.3 is 14.6 Å². The van der Waals surface area contributed by atoms with Crippen molar-refractivity contribution in [1.82, 2.24) is 10.2 Å². The number of rotatable bonds is 3. The van der Waals surface area contributed by atoms with Crippen LogP contribution in [-0.2, 0) is 19.4 Å². The highest BCUT2D eigenvalue weighted by molar-refractivity contribution is 5.94. The summed E-state index contributed by atoms with van der Waals surface area (Å²) in [5.74, 6) is 1.72. The first-order chi connectivity index (χ1) is 10.6. The topological polar surface area (TPSA) is 45.5 Å². The molecule has 1 aromatic heterocycles. The molecule has 0 atom stereocenters. The molecule has 1 amide bonds. The van der Waals surface area contributed by atoms with Crippen LogP contribution in [0.15, 0.2) is 34.7 Å². The van der Waals surface area contributed by atoms with Gasteiger partial charge in [0.25, 0.3) is 5.91 Å². The van der Waals surface area contributed by atoms with Crippen LogP contribution < -0.4 is 5.32 Å². The number of nitrogens with zero attached hydrogens (tertiary/aromatic N) is 1. The third-order valence-corrected chi connectivity index (χ3v) is 4.13. The van der Waals surface area contributed by atoms with Crippen molar-refractivity contribution >= 4 is 5.91 Å². The van der Waals surface area contributed by atoms with Gasteiger partial charge >= 0.3 is 0 Å². The van der Waals surface area contributed by atoms with Crippen molar-refractivity contribution in [3.8, 4) is 0 Å². The Hall–Kier alpha value is -2.07. The number of hydrogen-bond donors (Lipinski definition) is 1. The lowest BCUT2D eigenvalue weighted by Crippen LogP contribution is -2.26. The van der Waals surface area contributed by atoms with Crippen molar-refractivity contribution < 1.29 is 9.21 Å². The van der Waals surface area contributed by atoms with Crippen LogP contribution in [0.4, 0.5) is 0 Å². The maximum absolute atomic E-state index is 12.6. The Labute approximate surface area is 131 Å². The van der Waals surface area contributed by atoms with Crippen LogP contribution in [0.3, 0.4) is 0 Å². The third-order valence-electron chi connectivity index (χ3n) is 4.13. The van der Waals surface area contributed by atoms with E-state index in [0.29, 0.717) is 6.54 Å². The Balaban J connectivity index is 1.75. The van der Waals surface area contributed by atoms with Gasteiger partial charge in [-0.25, -0.2) is 0 Å². The van der Waals surface area contributed by atoms with Crippen molar-refractivity contribution in [3.63, 3.8) is 0 Å². The van der Waals surface area contributed by atoms with E-state index in [2.05, 4.69) is 17.4 Å². The minimum Gasteiger partial charge on any atom is -0.464 e. The van der Waals surface area contributed by atoms with Gasteiger partial charge in [0.15, 0.2) is 0 Å². The van der Waals surface area contributed by atoms with Crippen LogP contribution in [-0.4, -0.2) is 30.9 Å². The van der Waals surface area contributed by atoms with E-state index in [-0.39, 0.29) is 5.91 Å². The summed E-state index contributed by atoms with van der Waals surface area (Å²) in [6.07, 6.45) is 2.02. The zero-order valence-electron chi connectivity index (χ0n) is 13.2. The molecule has 2 heterocycles. The first kappa shape index (κ1) is 14.9. The molecule has 4 nitrogen and oxygen atoms in total. The minimum absolute atomic E-state index is 0.0362. The quantitative estimate of drug-likeness (QED) is 0.947. The molecular weight excluding hydrogens is 276 g/mol. The fourth-order valence-corrected chi connectivity index (χ4v) is 2.90.